The number of rotatable bonds is 6. The van der Waals surface area contributed by atoms with Crippen LogP contribution in [0.4, 0.5) is 10.1 Å². The SMILES string of the molecule is CS(=O)(=O)c1ccc(N2CCN(C(=O)c3cc(S(C)(=O)=O)ccc3OC3CCC3)CC2)c(F)c1. The Morgan fingerprint density at radius 2 is 1.50 bits per heavy atom. The quantitative estimate of drug-likeness (QED) is 0.589. The van der Waals surface area contributed by atoms with Gasteiger partial charge in [-0.15, -0.1) is 0 Å². The Kier molecular flexibility index (Phi) is 6.61. The van der Waals surface area contributed by atoms with E-state index in [-0.39, 0.29) is 46.1 Å². The van der Waals surface area contributed by atoms with E-state index in [1.54, 1.807) is 9.80 Å². The summed E-state index contributed by atoms with van der Waals surface area (Å²) in [5.41, 5.74) is 0.472. The molecule has 184 valence electrons. The molecule has 2 fully saturated rings. The van der Waals surface area contributed by atoms with Crippen molar-refractivity contribution in [3.05, 3.63) is 47.8 Å². The lowest BCUT2D eigenvalue weighted by molar-refractivity contribution is 0.0728. The number of benzene rings is 2. The molecule has 1 amide bonds. The van der Waals surface area contributed by atoms with E-state index in [9.17, 15) is 26.0 Å². The zero-order chi connectivity index (χ0) is 24.7. The summed E-state index contributed by atoms with van der Waals surface area (Å²) in [6.07, 6.45) is 4.97. The van der Waals surface area contributed by atoms with Crippen LogP contribution in [-0.4, -0.2) is 72.4 Å². The molecule has 0 radical (unpaired) electrons. The first-order valence-electron chi connectivity index (χ1n) is 11.0. The molecule has 4 rings (SSSR count). The Bertz CT molecular complexity index is 1310. The normalized spacial score (nSPS) is 17.4. The monoisotopic (exact) mass is 510 g/mol. The summed E-state index contributed by atoms with van der Waals surface area (Å²) in [4.78, 5) is 16.6. The van der Waals surface area contributed by atoms with Crippen LogP contribution in [-0.2, 0) is 19.7 Å². The Morgan fingerprint density at radius 3 is 2.03 bits per heavy atom. The minimum absolute atomic E-state index is 0.0189. The van der Waals surface area contributed by atoms with Crippen LogP contribution in [0.2, 0.25) is 0 Å². The Hall–Kier alpha value is -2.66. The van der Waals surface area contributed by atoms with Crippen molar-refractivity contribution in [1.82, 2.24) is 4.90 Å². The van der Waals surface area contributed by atoms with Crippen molar-refractivity contribution in [1.29, 1.82) is 0 Å². The average molecular weight is 511 g/mol. The van der Waals surface area contributed by atoms with Gasteiger partial charge >= 0.3 is 0 Å². The van der Waals surface area contributed by atoms with Crippen LogP contribution in [0.3, 0.4) is 0 Å². The lowest BCUT2D eigenvalue weighted by Gasteiger charge is -2.36. The summed E-state index contributed by atoms with van der Waals surface area (Å²) in [6.45, 7) is 1.26. The highest BCUT2D eigenvalue weighted by molar-refractivity contribution is 7.91. The smallest absolute Gasteiger partial charge is 0.257 e. The molecule has 0 unspecified atom stereocenters. The molecule has 2 aromatic carbocycles. The maximum absolute atomic E-state index is 14.6. The van der Waals surface area contributed by atoms with E-state index >= 15 is 0 Å². The summed E-state index contributed by atoms with van der Waals surface area (Å²) in [7, 11) is -7.02. The molecule has 0 N–H and O–H groups in total. The van der Waals surface area contributed by atoms with Gasteiger partial charge in [-0.3, -0.25) is 4.79 Å². The Labute approximate surface area is 199 Å². The van der Waals surface area contributed by atoms with Gasteiger partial charge in [0.25, 0.3) is 5.91 Å². The third-order valence-corrected chi connectivity index (χ3v) is 8.43. The van der Waals surface area contributed by atoms with Gasteiger partial charge in [0.2, 0.25) is 0 Å². The molecule has 8 nitrogen and oxygen atoms in total. The molecule has 1 saturated heterocycles. The van der Waals surface area contributed by atoms with E-state index in [1.807, 2.05) is 0 Å². The number of carbonyl (C=O) groups excluding carboxylic acids is 1. The van der Waals surface area contributed by atoms with Crippen molar-refractivity contribution in [2.75, 3.05) is 43.6 Å². The van der Waals surface area contributed by atoms with E-state index in [0.29, 0.717) is 18.8 Å². The molecule has 2 aliphatic rings. The lowest BCUT2D eigenvalue weighted by Crippen LogP contribution is -2.49. The van der Waals surface area contributed by atoms with Crippen LogP contribution in [0.15, 0.2) is 46.2 Å². The number of amides is 1. The van der Waals surface area contributed by atoms with Crippen LogP contribution < -0.4 is 9.64 Å². The maximum Gasteiger partial charge on any atom is 0.257 e. The number of carbonyl (C=O) groups is 1. The zero-order valence-corrected chi connectivity index (χ0v) is 20.7. The maximum atomic E-state index is 14.6. The second-order valence-corrected chi connectivity index (χ2v) is 12.8. The minimum atomic E-state index is -3.51. The molecule has 34 heavy (non-hydrogen) atoms. The number of hydrogen-bond acceptors (Lipinski definition) is 7. The highest BCUT2D eigenvalue weighted by atomic mass is 32.2. The van der Waals surface area contributed by atoms with Gasteiger partial charge in [0.15, 0.2) is 19.7 Å². The first-order chi connectivity index (χ1) is 15.9. The summed E-state index contributed by atoms with van der Waals surface area (Å²) in [5.74, 6) is -0.612. The van der Waals surface area contributed by atoms with Crippen LogP contribution in [0.5, 0.6) is 5.75 Å². The molecule has 1 aliphatic carbocycles. The molecule has 0 bridgehead atoms. The molecule has 1 heterocycles. The van der Waals surface area contributed by atoms with Gasteiger partial charge in [0, 0.05) is 38.7 Å². The van der Waals surface area contributed by atoms with Crippen molar-refractivity contribution < 1.29 is 30.8 Å². The summed E-state index contributed by atoms with van der Waals surface area (Å²) >= 11 is 0. The summed E-state index contributed by atoms with van der Waals surface area (Å²) in [6, 6.07) is 8.15. The van der Waals surface area contributed by atoms with E-state index in [4.69, 9.17) is 4.74 Å². The molecule has 0 spiro atoms. The van der Waals surface area contributed by atoms with Crippen LogP contribution in [0.25, 0.3) is 0 Å². The summed E-state index contributed by atoms with van der Waals surface area (Å²) in [5, 5.41) is 0. The molecular formula is C23H27FN2O6S2. The molecule has 2 aromatic rings. The number of piperazine rings is 1. The van der Waals surface area contributed by atoms with E-state index in [2.05, 4.69) is 0 Å². The molecule has 0 aromatic heterocycles. The predicted octanol–water partition coefficient (Wildman–Crippen LogP) is 2.53. The number of anilines is 1. The second kappa shape index (κ2) is 9.18. The first-order valence-corrected chi connectivity index (χ1v) is 14.8. The third kappa shape index (κ3) is 5.20. The van der Waals surface area contributed by atoms with E-state index < -0.39 is 25.5 Å². The summed E-state index contributed by atoms with van der Waals surface area (Å²) < 4.78 is 68.0. The fraction of sp³-hybridized carbons (Fsp3) is 0.435. The first kappa shape index (κ1) is 24.5. The predicted molar refractivity (Wildman–Crippen MR) is 125 cm³/mol. The average Bonchev–Trinajstić information content (AvgIpc) is 2.74. The Balaban J connectivity index is 1.52. The molecule has 1 aliphatic heterocycles. The number of hydrogen-bond donors (Lipinski definition) is 0. The standard InChI is InChI=1S/C23H27FN2O6S2/c1-33(28,29)17-7-9-22(32-16-4-3-5-16)19(14-17)23(27)26-12-10-25(11-13-26)21-8-6-18(15-20(21)24)34(2,30)31/h6-9,14-16H,3-5,10-13H2,1-2H3. The van der Waals surface area contributed by atoms with Gasteiger partial charge < -0.3 is 14.5 Å². The molecule has 11 heteroatoms. The number of ether oxygens (including phenoxy) is 1. The van der Waals surface area contributed by atoms with Crippen molar-refractivity contribution in [2.24, 2.45) is 0 Å². The van der Waals surface area contributed by atoms with Crippen LogP contribution >= 0.6 is 0 Å². The highest BCUT2D eigenvalue weighted by Gasteiger charge is 2.29. The lowest BCUT2D eigenvalue weighted by atomic mass is 9.96. The van der Waals surface area contributed by atoms with Crippen molar-refractivity contribution in [3.63, 3.8) is 0 Å². The third-order valence-electron chi connectivity index (χ3n) is 6.21. The Morgan fingerprint density at radius 1 is 0.912 bits per heavy atom. The zero-order valence-electron chi connectivity index (χ0n) is 19.0. The number of halogens is 1. The van der Waals surface area contributed by atoms with Crippen LogP contribution in [0.1, 0.15) is 29.6 Å². The topological polar surface area (TPSA) is 101 Å². The fourth-order valence-electron chi connectivity index (χ4n) is 3.97. The van der Waals surface area contributed by atoms with Gasteiger partial charge in [-0.25, -0.2) is 21.2 Å². The largest absolute Gasteiger partial charge is 0.490 e. The van der Waals surface area contributed by atoms with Crippen molar-refractivity contribution in [2.45, 2.75) is 35.2 Å². The van der Waals surface area contributed by atoms with Crippen molar-refractivity contribution >= 4 is 31.3 Å². The van der Waals surface area contributed by atoms with Crippen LogP contribution in [0, 0.1) is 5.82 Å². The van der Waals surface area contributed by atoms with Gasteiger partial charge in [-0.1, -0.05) is 0 Å². The van der Waals surface area contributed by atoms with E-state index in [1.165, 1.54) is 30.3 Å². The molecular weight excluding hydrogens is 483 g/mol. The number of sulfone groups is 2. The van der Waals surface area contributed by atoms with Gasteiger partial charge in [0.05, 0.1) is 27.1 Å². The minimum Gasteiger partial charge on any atom is -0.490 e. The highest BCUT2D eigenvalue weighted by Crippen LogP contribution is 2.31. The van der Waals surface area contributed by atoms with Gasteiger partial charge in [-0.2, -0.15) is 0 Å². The van der Waals surface area contributed by atoms with Gasteiger partial charge in [0.1, 0.15) is 11.6 Å². The fourth-order valence-corrected chi connectivity index (χ4v) is 5.25. The molecule has 0 atom stereocenters. The number of nitrogens with zero attached hydrogens (tertiary/aromatic N) is 2. The second-order valence-electron chi connectivity index (χ2n) is 8.77. The van der Waals surface area contributed by atoms with Gasteiger partial charge in [-0.05, 0) is 55.7 Å². The molecule has 1 saturated carbocycles. The van der Waals surface area contributed by atoms with Crippen molar-refractivity contribution in [3.8, 4) is 5.75 Å². The van der Waals surface area contributed by atoms with E-state index in [0.717, 1.165) is 37.8 Å².